The number of nitrogens with zero attached hydrogens (tertiary/aromatic N) is 3. The smallest absolute Gasteiger partial charge is 0.317 e. The van der Waals surface area contributed by atoms with Crippen molar-refractivity contribution in [1.29, 1.82) is 0 Å². The molecule has 1 unspecified atom stereocenters. The number of carbonyl (C=O) groups is 2. The lowest BCUT2D eigenvalue weighted by Crippen LogP contribution is -2.49. The van der Waals surface area contributed by atoms with Crippen molar-refractivity contribution in [3.63, 3.8) is 0 Å². The van der Waals surface area contributed by atoms with Crippen LogP contribution in [0.15, 0.2) is 36.5 Å². The largest absolute Gasteiger partial charge is 0.480 e. The van der Waals surface area contributed by atoms with Gasteiger partial charge in [0.05, 0.1) is 19.3 Å². The highest BCUT2D eigenvalue weighted by molar-refractivity contribution is 6.05. The van der Waals surface area contributed by atoms with Crippen molar-refractivity contribution in [3.8, 4) is 0 Å². The third kappa shape index (κ3) is 4.12. The zero-order valence-corrected chi connectivity index (χ0v) is 14.1. The monoisotopic (exact) mass is 343 g/mol. The predicted molar refractivity (Wildman–Crippen MR) is 92.5 cm³/mol. The van der Waals surface area contributed by atoms with Crippen molar-refractivity contribution >= 4 is 22.6 Å². The molecule has 132 valence electrons. The predicted octanol–water partition coefficient (Wildman–Crippen LogP) is 1.09. The first-order valence-corrected chi connectivity index (χ1v) is 8.19. The average molecular weight is 343 g/mol. The molecule has 1 aromatic carbocycles. The number of amides is 1. The van der Waals surface area contributed by atoms with Crippen molar-refractivity contribution < 1.29 is 19.4 Å². The molecule has 7 heteroatoms. The number of likely N-dealkylation sites (N-methyl/N-ethyl adjacent to an activating group) is 1. The van der Waals surface area contributed by atoms with Crippen LogP contribution >= 0.6 is 0 Å². The number of hydrogen-bond donors (Lipinski definition) is 1. The maximum Gasteiger partial charge on any atom is 0.317 e. The normalized spacial score (nSPS) is 17.8. The Morgan fingerprint density at radius 1 is 1.36 bits per heavy atom. The van der Waals surface area contributed by atoms with Crippen molar-refractivity contribution in [2.45, 2.75) is 6.10 Å². The van der Waals surface area contributed by atoms with Gasteiger partial charge in [-0.2, -0.15) is 0 Å². The van der Waals surface area contributed by atoms with Gasteiger partial charge in [-0.3, -0.25) is 19.5 Å². The van der Waals surface area contributed by atoms with Crippen LogP contribution in [0.4, 0.5) is 0 Å². The first-order valence-electron chi connectivity index (χ1n) is 8.19. The number of carboxylic acids is 1. The number of fused-ring (bicyclic) bond motifs is 1. The summed E-state index contributed by atoms with van der Waals surface area (Å²) in [6, 6.07) is 9.56. The molecule has 0 bridgehead atoms. The first-order chi connectivity index (χ1) is 12.0. The molecule has 3 rings (SSSR count). The highest BCUT2D eigenvalue weighted by Gasteiger charge is 2.27. The number of aromatic nitrogens is 1. The van der Waals surface area contributed by atoms with Crippen molar-refractivity contribution in [1.82, 2.24) is 14.8 Å². The second-order valence-electron chi connectivity index (χ2n) is 6.22. The van der Waals surface area contributed by atoms with Gasteiger partial charge in [0, 0.05) is 31.2 Å². The zero-order chi connectivity index (χ0) is 17.8. The van der Waals surface area contributed by atoms with Crippen LogP contribution in [0.1, 0.15) is 10.5 Å². The van der Waals surface area contributed by atoms with E-state index < -0.39 is 5.97 Å². The molecule has 0 radical (unpaired) electrons. The number of hydrogen-bond acceptors (Lipinski definition) is 5. The van der Waals surface area contributed by atoms with E-state index in [-0.39, 0.29) is 18.6 Å². The van der Waals surface area contributed by atoms with E-state index in [4.69, 9.17) is 9.84 Å². The molecule has 1 fully saturated rings. The quantitative estimate of drug-likeness (QED) is 0.875. The van der Waals surface area contributed by atoms with Gasteiger partial charge in [-0.25, -0.2) is 0 Å². The fourth-order valence-electron chi connectivity index (χ4n) is 3.10. The summed E-state index contributed by atoms with van der Waals surface area (Å²) in [6.45, 7) is 1.76. The van der Waals surface area contributed by atoms with Gasteiger partial charge in [0.25, 0.3) is 5.91 Å². The van der Waals surface area contributed by atoms with Gasteiger partial charge in [-0.05, 0) is 18.5 Å². The van der Waals surface area contributed by atoms with Gasteiger partial charge in [0.1, 0.15) is 5.69 Å². The van der Waals surface area contributed by atoms with Gasteiger partial charge < -0.3 is 14.7 Å². The Balaban J connectivity index is 1.72. The highest BCUT2D eigenvalue weighted by atomic mass is 16.5. The van der Waals surface area contributed by atoms with Crippen LogP contribution in [-0.2, 0) is 9.53 Å². The summed E-state index contributed by atoms with van der Waals surface area (Å²) < 4.78 is 5.69. The number of benzene rings is 1. The second-order valence-corrected chi connectivity index (χ2v) is 6.22. The molecule has 25 heavy (non-hydrogen) atoms. The minimum atomic E-state index is -0.883. The molecule has 2 aromatic rings. The molecule has 0 aliphatic carbocycles. The lowest BCUT2D eigenvalue weighted by Gasteiger charge is -2.34. The first kappa shape index (κ1) is 17.3. The fraction of sp³-hybridized carbons (Fsp3) is 0.389. The minimum Gasteiger partial charge on any atom is -0.480 e. The summed E-state index contributed by atoms with van der Waals surface area (Å²) in [5.41, 5.74) is 0.442. The number of carboxylic acid groups (broad SMARTS) is 1. The summed E-state index contributed by atoms with van der Waals surface area (Å²) in [5, 5.41) is 10.7. The number of pyridine rings is 1. The van der Waals surface area contributed by atoms with E-state index in [2.05, 4.69) is 4.98 Å². The third-order valence-electron chi connectivity index (χ3n) is 4.22. The van der Waals surface area contributed by atoms with Crippen molar-refractivity contribution in [2.75, 3.05) is 39.8 Å². The molecular weight excluding hydrogens is 322 g/mol. The summed E-state index contributed by atoms with van der Waals surface area (Å²) in [6.07, 6.45) is 1.44. The van der Waals surface area contributed by atoms with E-state index in [9.17, 15) is 9.59 Å². The van der Waals surface area contributed by atoms with Crippen LogP contribution in [0.25, 0.3) is 10.8 Å². The van der Waals surface area contributed by atoms with Gasteiger partial charge in [-0.1, -0.05) is 24.3 Å². The average Bonchev–Trinajstić information content (AvgIpc) is 2.60. The molecule has 1 saturated heterocycles. The van der Waals surface area contributed by atoms with Gasteiger partial charge >= 0.3 is 5.97 Å². The van der Waals surface area contributed by atoms with E-state index in [1.165, 1.54) is 0 Å². The summed E-state index contributed by atoms with van der Waals surface area (Å²) in [5.74, 6) is -1.00. The summed E-state index contributed by atoms with van der Waals surface area (Å²) >= 11 is 0. The second kappa shape index (κ2) is 7.58. The van der Waals surface area contributed by atoms with Crippen LogP contribution in [-0.4, -0.2) is 77.7 Å². The summed E-state index contributed by atoms with van der Waals surface area (Å²) in [7, 11) is 1.73. The molecular formula is C18H21N3O4. The van der Waals surface area contributed by atoms with Gasteiger partial charge in [0.2, 0.25) is 0 Å². The lowest BCUT2D eigenvalue weighted by molar-refractivity contribution is -0.138. The molecule has 1 N–H and O–H groups in total. The highest BCUT2D eigenvalue weighted by Crippen LogP contribution is 2.19. The van der Waals surface area contributed by atoms with E-state index in [0.29, 0.717) is 31.9 Å². The van der Waals surface area contributed by atoms with Crippen LogP contribution < -0.4 is 0 Å². The third-order valence-corrected chi connectivity index (χ3v) is 4.22. The molecule has 1 aliphatic rings. The molecule has 7 nitrogen and oxygen atoms in total. The number of aliphatic carboxylic acids is 1. The fourth-order valence-corrected chi connectivity index (χ4v) is 3.10. The van der Waals surface area contributed by atoms with E-state index in [1.54, 1.807) is 23.0 Å². The maximum atomic E-state index is 12.9. The maximum absolute atomic E-state index is 12.9. The Morgan fingerprint density at radius 3 is 2.96 bits per heavy atom. The Bertz CT molecular complexity index is 775. The lowest BCUT2D eigenvalue weighted by atomic mass is 10.1. The molecule has 1 amide bonds. The number of carbonyl (C=O) groups excluding carboxylic acids is 1. The van der Waals surface area contributed by atoms with Crippen LogP contribution in [0.3, 0.4) is 0 Å². The van der Waals surface area contributed by atoms with Crippen LogP contribution in [0.5, 0.6) is 0 Å². The Morgan fingerprint density at radius 2 is 2.16 bits per heavy atom. The Labute approximate surface area is 145 Å². The SMILES string of the molecule is CN(CC(=O)O)CC1CN(C(=O)c2nccc3ccccc23)CCO1. The molecule has 1 aliphatic heterocycles. The Hall–Kier alpha value is -2.51. The van der Waals surface area contributed by atoms with Crippen LogP contribution in [0, 0.1) is 0 Å². The molecule has 1 aromatic heterocycles. The number of rotatable bonds is 5. The topological polar surface area (TPSA) is 83.0 Å². The van der Waals surface area contributed by atoms with Gasteiger partial charge in [-0.15, -0.1) is 0 Å². The standard InChI is InChI=1S/C18H21N3O4/c1-20(12-16(22)23)10-14-11-21(8-9-25-14)18(24)17-15-5-3-2-4-13(15)6-7-19-17/h2-7,14H,8-12H2,1H3,(H,22,23). The zero-order valence-electron chi connectivity index (χ0n) is 14.1. The Kier molecular flexibility index (Phi) is 5.25. The van der Waals surface area contributed by atoms with Crippen molar-refractivity contribution in [2.24, 2.45) is 0 Å². The van der Waals surface area contributed by atoms with E-state index in [1.807, 2.05) is 30.3 Å². The minimum absolute atomic E-state index is 0.0569. The molecule has 2 heterocycles. The van der Waals surface area contributed by atoms with E-state index >= 15 is 0 Å². The molecule has 0 spiro atoms. The number of ether oxygens (including phenoxy) is 1. The molecule has 0 saturated carbocycles. The van der Waals surface area contributed by atoms with E-state index in [0.717, 1.165) is 10.8 Å². The van der Waals surface area contributed by atoms with Gasteiger partial charge in [0.15, 0.2) is 0 Å². The van der Waals surface area contributed by atoms with Crippen molar-refractivity contribution in [3.05, 3.63) is 42.2 Å². The number of morpholine rings is 1. The molecule has 1 atom stereocenters. The van der Waals surface area contributed by atoms with Crippen LogP contribution in [0.2, 0.25) is 0 Å². The summed E-state index contributed by atoms with van der Waals surface area (Å²) in [4.78, 5) is 31.4.